The molecule has 0 saturated carbocycles. The molecule has 0 bridgehead atoms. The van der Waals surface area contributed by atoms with E-state index in [1.165, 1.54) is 44.3 Å². The summed E-state index contributed by atoms with van der Waals surface area (Å²) in [4.78, 5) is 7.36. The molecule has 1 N–H and O–H groups in total. The van der Waals surface area contributed by atoms with Crippen LogP contribution in [0.1, 0.15) is 42.7 Å². The number of aliphatic hydroxyl groups excluding tert-OH is 1. The van der Waals surface area contributed by atoms with Crippen LogP contribution in [0.2, 0.25) is 0 Å². The normalized spacial score (nSPS) is 28.2. The first kappa shape index (κ1) is 22.8. The monoisotopic (exact) mass is 425 g/mol. The summed E-state index contributed by atoms with van der Waals surface area (Å²) in [5, 5.41) is 10.2. The third-order valence-electron chi connectivity index (χ3n) is 7.23. The van der Waals surface area contributed by atoms with Crippen molar-refractivity contribution in [2.45, 2.75) is 43.7 Å². The maximum absolute atomic E-state index is 10.2. The first-order valence-electron chi connectivity index (χ1n) is 12.1. The summed E-state index contributed by atoms with van der Waals surface area (Å²) in [5.41, 5.74) is 2.42. The third-order valence-corrected chi connectivity index (χ3v) is 7.23. The van der Waals surface area contributed by atoms with Crippen molar-refractivity contribution in [3.05, 3.63) is 35.4 Å². The molecule has 170 valence electrons. The van der Waals surface area contributed by atoms with Gasteiger partial charge in [0.2, 0.25) is 0 Å². The van der Waals surface area contributed by atoms with E-state index in [9.17, 15) is 5.11 Å². The Labute approximate surface area is 188 Å². The van der Waals surface area contributed by atoms with Crippen molar-refractivity contribution < 1.29 is 9.84 Å². The molecule has 3 saturated heterocycles. The maximum Gasteiger partial charge on any atom is 0.0600 e. The second kappa shape index (κ2) is 10.9. The zero-order valence-electron chi connectivity index (χ0n) is 19.3. The first-order chi connectivity index (χ1) is 15.2. The van der Waals surface area contributed by atoms with Crippen molar-refractivity contribution in [2.24, 2.45) is 5.92 Å². The molecule has 31 heavy (non-hydrogen) atoms. The van der Waals surface area contributed by atoms with Crippen molar-refractivity contribution in [3.8, 4) is 11.8 Å². The second-order valence-electron chi connectivity index (χ2n) is 9.76. The van der Waals surface area contributed by atoms with Crippen LogP contribution >= 0.6 is 0 Å². The van der Waals surface area contributed by atoms with E-state index >= 15 is 0 Å². The third kappa shape index (κ3) is 5.69. The molecular formula is C26H39N3O2. The highest BCUT2D eigenvalue weighted by Gasteiger charge is 2.49. The fraction of sp³-hybridized carbons (Fsp3) is 0.692. The summed E-state index contributed by atoms with van der Waals surface area (Å²) in [6.45, 7) is 7.50. The van der Waals surface area contributed by atoms with Crippen LogP contribution in [0.15, 0.2) is 24.3 Å². The van der Waals surface area contributed by atoms with Crippen LogP contribution in [-0.2, 0) is 4.74 Å². The van der Waals surface area contributed by atoms with Gasteiger partial charge in [-0.3, -0.25) is 9.80 Å². The Morgan fingerprint density at radius 1 is 1.10 bits per heavy atom. The smallest absolute Gasteiger partial charge is 0.0600 e. The first-order valence-corrected chi connectivity index (χ1v) is 12.1. The highest BCUT2D eigenvalue weighted by molar-refractivity contribution is 5.39. The Balaban J connectivity index is 1.45. The Hall–Kier alpha value is -1.42. The Bertz CT molecular complexity index is 748. The van der Waals surface area contributed by atoms with Gasteiger partial charge in [0.1, 0.15) is 0 Å². The number of benzene rings is 1. The van der Waals surface area contributed by atoms with Crippen LogP contribution < -0.4 is 0 Å². The molecule has 3 heterocycles. The molecule has 3 aliphatic rings. The number of rotatable bonds is 5. The van der Waals surface area contributed by atoms with Gasteiger partial charge in [0, 0.05) is 49.9 Å². The van der Waals surface area contributed by atoms with E-state index in [4.69, 9.17) is 4.74 Å². The zero-order valence-corrected chi connectivity index (χ0v) is 19.3. The molecule has 0 amide bonds. The van der Waals surface area contributed by atoms with Gasteiger partial charge in [-0.25, -0.2) is 0 Å². The highest BCUT2D eigenvalue weighted by atomic mass is 16.5. The molecule has 3 aliphatic heterocycles. The summed E-state index contributed by atoms with van der Waals surface area (Å²) in [7, 11) is 4.07. The SMILES string of the molecule is CN(C)CC#Cc1ccc([C@@H]2[C@@H](CO)N3CCCCN(CC4CCOCC4)C[C@@H]23)cc1. The summed E-state index contributed by atoms with van der Waals surface area (Å²) in [5.74, 6) is 7.65. The minimum atomic E-state index is 0.242. The topological polar surface area (TPSA) is 39.2 Å². The molecule has 0 aliphatic carbocycles. The van der Waals surface area contributed by atoms with Gasteiger partial charge in [0.05, 0.1) is 13.2 Å². The quantitative estimate of drug-likeness (QED) is 0.733. The maximum atomic E-state index is 10.2. The van der Waals surface area contributed by atoms with E-state index in [1.54, 1.807) is 0 Å². The minimum Gasteiger partial charge on any atom is -0.395 e. The average Bonchev–Trinajstić information content (AvgIpc) is 2.76. The van der Waals surface area contributed by atoms with E-state index < -0.39 is 0 Å². The van der Waals surface area contributed by atoms with E-state index in [1.807, 2.05) is 14.1 Å². The molecule has 0 unspecified atom stereocenters. The van der Waals surface area contributed by atoms with E-state index in [2.05, 4.69) is 50.8 Å². The fourth-order valence-corrected chi connectivity index (χ4v) is 5.56. The van der Waals surface area contributed by atoms with E-state index in [0.29, 0.717) is 12.0 Å². The van der Waals surface area contributed by atoms with Crippen molar-refractivity contribution in [3.63, 3.8) is 0 Å². The number of aliphatic hydroxyl groups is 1. The highest BCUT2D eigenvalue weighted by Crippen LogP contribution is 2.42. The van der Waals surface area contributed by atoms with Gasteiger partial charge in [-0.1, -0.05) is 24.0 Å². The molecule has 0 aromatic heterocycles. The average molecular weight is 426 g/mol. The zero-order chi connectivity index (χ0) is 21.6. The van der Waals surface area contributed by atoms with Crippen LogP contribution in [0.25, 0.3) is 0 Å². The van der Waals surface area contributed by atoms with Crippen LogP contribution in [0, 0.1) is 17.8 Å². The Morgan fingerprint density at radius 3 is 2.55 bits per heavy atom. The summed E-state index contributed by atoms with van der Waals surface area (Å²) < 4.78 is 5.57. The molecule has 1 aromatic carbocycles. The van der Waals surface area contributed by atoms with Crippen molar-refractivity contribution >= 4 is 0 Å². The Kier molecular flexibility index (Phi) is 8.03. The molecule has 0 spiro atoms. The lowest BCUT2D eigenvalue weighted by Gasteiger charge is -2.57. The lowest BCUT2D eigenvalue weighted by molar-refractivity contribution is -0.0677. The molecule has 3 atom stereocenters. The van der Waals surface area contributed by atoms with Crippen molar-refractivity contribution in [1.29, 1.82) is 0 Å². The predicted molar refractivity (Wildman–Crippen MR) is 125 cm³/mol. The van der Waals surface area contributed by atoms with Gasteiger partial charge < -0.3 is 14.7 Å². The predicted octanol–water partition coefficient (Wildman–Crippen LogP) is 2.25. The number of hydrogen-bond donors (Lipinski definition) is 1. The van der Waals surface area contributed by atoms with E-state index in [0.717, 1.165) is 44.3 Å². The number of nitrogens with zero attached hydrogens (tertiary/aromatic N) is 3. The van der Waals surface area contributed by atoms with Gasteiger partial charge in [-0.2, -0.15) is 0 Å². The summed E-state index contributed by atoms with van der Waals surface area (Å²) in [6.07, 6.45) is 4.88. The second-order valence-corrected chi connectivity index (χ2v) is 9.76. The summed E-state index contributed by atoms with van der Waals surface area (Å²) in [6, 6.07) is 9.54. The molecule has 5 nitrogen and oxygen atoms in total. The molecular weight excluding hydrogens is 386 g/mol. The number of ether oxygens (including phenoxy) is 1. The van der Waals surface area contributed by atoms with Gasteiger partial charge in [-0.15, -0.1) is 0 Å². The summed E-state index contributed by atoms with van der Waals surface area (Å²) >= 11 is 0. The molecule has 4 rings (SSSR count). The van der Waals surface area contributed by atoms with Crippen LogP contribution in [0.3, 0.4) is 0 Å². The van der Waals surface area contributed by atoms with Crippen LogP contribution in [0.4, 0.5) is 0 Å². The van der Waals surface area contributed by atoms with Gasteiger partial charge in [0.15, 0.2) is 0 Å². The van der Waals surface area contributed by atoms with Crippen LogP contribution in [-0.4, -0.2) is 98.5 Å². The number of fused-ring (bicyclic) bond motifs is 1. The number of hydrogen-bond acceptors (Lipinski definition) is 5. The standard InChI is InChI=1S/C26H39N3O2/c1-27(2)13-5-6-21-7-9-23(10-8-21)26-24-19-28(18-22-11-16-31-17-12-22)14-3-4-15-29(24)25(26)20-30/h7-10,22,24-26,30H,3-4,11-20H2,1-2H3/t24-,25+,26-/m0/s1. The lowest BCUT2D eigenvalue weighted by atomic mass is 9.74. The minimum absolute atomic E-state index is 0.242. The molecule has 0 radical (unpaired) electrons. The van der Waals surface area contributed by atoms with Gasteiger partial charge in [0.25, 0.3) is 0 Å². The van der Waals surface area contributed by atoms with Gasteiger partial charge in [-0.05, 0) is 76.5 Å². The van der Waals surface area contributed by atoms with Crippen LogP contribution in [0.5, 0.6) is 0 Å². The van der Waals surface area contributed by atoms with Crippen molar-refractivity contribution in [1.82, 2.24) is 14.7 Å². The molecule has 3 fully saturated rings. The van der Waals surface area contributed by atoms with E-state index in [-0.39, 0.29) is 12.6 Å². The molecule has 1 aromatic rings. The lowest BCUT2D eigenvalue weighted by Crippen LogP contribution is -2.67. The molecule has 5 heteroatoms. The Morgan fingerprint density at radius 2 is 1.84 bits per heavy atom. The fourth-order valence-electron chi connectivity index (χ4n) is 5.56. The van der Waals surface area contributed by atoms with Gasteiger partial charge >= 0.3 is 0 Å². The largest absolute Gasteiger partial charge is 0.395 e. The van der Waals surface area contributed by atoms with Crippen molar-refractivity contribution in [2.75, 3.05) is 66.6 Å².